The summed E-state index contributed by atoms with van der Waals surface area (Å²) in [5, 5.41) is 0. The monoisotopic (exact) mass is 459 g/mol. The third-order valence-corrected chi connectivity index (χ3v) is 7.05. The van der Waals surface area contributed by atoms with Crippen molar-refractivity contribution in [1.29, 1.82) is 0 Å². The van der Waals surface area contributed by atoms with Gasteiger partial charge in [-0.1, -0.05) is 102 Å². The SMILES string of the molecule is CCCCCCCC/C=C\c1c(C)c(/C=C\CCCCCCCC)c2[n+](c1C)CCC2.[Cl-]. The molecule has 0 unspecified atom stereocenters. The Morgan fingerprint density at radius 3 is 1.75 bits per heavy atom. The number of rotatable bonds is 16. The van der Waals surface area contributed by atoms with Crippen LogP contribution in [0, 0.1) is 13.8 Å². The molecule has 2 heterocycles. The highest BCUT2D eigenvalue weighted by molar-refractivity contribution is 5.64. The molecule has 0 aromatic carbocycles. The van der Waals surface area contributed by atoms with E-state index in [2.05, 4.69) is 56.6 Å². The molecule has 0 amide bonds. The molecule has 0 N–H and O–H groups in total. The molecule has 1 aliphatic rings. The second kappa shape index (κ2) is 17.4. The lowest BCUT2D eigenvalue weighted by Gasteiger charge is -2.11. The van der Waals surface area contributed by atoms with Crippen molar-refractivity contribution in [2.24, 2.45) is 0 Å². The molecule has 1 nitrogen and oxygen atoms in total. The van der Waals surface area contributed by atoms with Gasteiger partial charge in [0.2, 0.25) is 0 Å². The standard InChI is InChI=1S/C30H50N.ClH/c1-5-7-9-11-13-15-17-19-22-28-26(3)29(30-24-21-25-31(30)27(28)4)23-20-18-16-14-12-10-8-6-2;/h19-20,22-23H,5-18,21,24-25H2,1-4H3;1H/q+1;/p-1/b22-19-,23-20-;. The molecule has 0 bridgehead atoms. The number of allylic oxidation sites excluding steroid dienone is 2. The highest BCUT2D eigenvalue weighted by Crippen LogP contribution is 2.26. The molecular formula is C30H50ClN. The summed E-state index contributed by atoms with van der Waals surface area (Å²) in [6.45, 7) is 10.5. The van der Waals surface area contributed by atoms with Gasteiger partial charge in [0.1, 0.15) is 6.54 Å². The van der Waals surface area contributed by atoms with E-state index in [-0.39, 0.29) is 12.4 Å². The third kappa shape index (κ3) is 9.42. The minimum atomic E-state index is 0. The quantitative estimate of drug-likeness (QED) is 0.208. The Bertz CT molecular complexity index is 702. The van der Waals surface area contributed by atoms with Crippen molar-refractivity contribution < 1.29 is 17.0 Å². The van der Waals surface area contributed by atoms with Gasteiger partial charge in [-0.3, -0.25) is 0 Å². The van der Waals surface area contributed by atoms with E-state index in [1.807, 2.05) is 0 Å². The Balaban J connectivity index is 0.00000512. The van der Waals surface area contributed by atoms with Crippen LogP contribution in [0.5, 0.6) is 0 Å². The van der Waals surface area contributed by atoms with Crippen molar-refractivity contribution in [2.75, 3.05) is 0 Å². The molecule has 0 spiro atoms. The second-order valence-electron chi connectivity index (χ2n) is 9.66. The van der Waals surface area contributed by atoms with Gasteiger partial charge in [0.05, 0.1) is 0 Å². The van der Waals surface area contributed by atoms with Crippen LogP contribution >= 0.6 is 0 Å². The molecule has 0 saturated carbocycles. The Kier molecular flexibility index (Phi) is 15.7. The van der Waals surface area contributed by atoms with Crippen molar-refractivity contribution in [3.63, 3.8) is 0 Å². The summed E-state index contributed by atoms with van der Waals surface area (Å²) in [6.07, 6.45) is 31.3. The molecule has 2 rings (SSSR count). The Hall–Kier alpha value is -1.08. The summed E-state index contributed by atoms with van der Waals surface area (Å²) in [5.41, 5.74) is 7.51. The van der Waals surface area contributed by atoms with Crippen LogP contribution in [-0.2, 0) is 13.0 Å². The first-order valence-corrected chi connectivity index (χ1v) is 13.6. The first-order valence-electron chi connectivity index (χ1n) is 13.6. The van der Waals surface area contributed by atoms with Crippen molar-refractivity contribution in [2.45, 2.75) is 137 Å². The Morgan fingerprint density at radius 1 is 0.688 bits per heavy atom. The lowest BCUT2D eigenvalue weighted by Crippen LogP contribution is -3.00. The van der Waals surface area contributed by atoms with Crippen LogP contribution in [0.15, 0.2) is 12.2 Å². The third-order valence-electron chi connectivity index (χ3n) is 7.05. The fraction of sp³-hybridized carbons (Fsp3) is 0.700. The van der Waals surface area contributed by atoms with E-state index >= 15 is 0 Å². The van der Waals surface area contributed by atoms with Crippen LogP contribution < -0.4 is 17.0 Å². The predicted molar refractivity (Wildman–Crippen MR) is 138 cm³/mol. The zero-order valence-corrected chi connectivity index (χ0v) is 22.4. The Morgan fingerprint density at radius 2 is 1.19 bits per heavy atom. The van der Waals surface area contributed by atoms with E-state index in [0.717, 1.165) is 0 Å². The summed E-state index contributed by atoms with van der Waals surface area (Å²) in [5.74, 6) is 0. The number of unbranched alkanes of at least 4 members (excludes halogenated alkanes) is 12. The van der Waals surface area contributed by atoms with Crippen LogP contribution in [0.3, 0.4) is 0 Å². The molecule has 0 aliphatic carbocycles. The van der Waals surface area contributed by atoms with Gasteiger partial charge in [0.15, 0.2) is 11.4 Å². The van der Waals surface area contributed by atoms with Crippen LogP contribution in [0.25, 0.3) is 12.2 Å². The number of fused-ring (bicyclic) bond motifs is 1. The summed E-state index contributed by atoms with van der Waals surface area (Å²) in [4.78, 5) is 0. The van der Waals surface area contributed by atoms with E-state index in [4.69, 9.17) is 0 Å². The van der Waals surface area contributed by atoms with Gasteiger partial charge in [0, 0.05) is 30.9 Å². The van der Waals surface area contributed by atoms with Gasteiger partial charge in [0.25, 0.3) is 0 Å². The van der Waals surface area contributed by atoms with E-state index in [0.29, 0.717) is 0 Å². The number of pyridine rings is 1. The van der Waals surface area contributed by atoms with Gasteiger partial charge in [-0.05, 0) is 38.2 Å². The average molecular weight is 460 g/mol. The van der Waals surface area contributed by atoms with Crippen molar-refractivity contribution in [3.05, 3.63) is 40.2 Å². The fourth-order valence-corrected chi connectivity index (χ4v) is 5.06. The minimum absolute atomic E-state index is 0. The summed E-state index contributed by atoms with van der Waals surface area (Å²) < 4.78 is 2.60. The first kappa shape index (κ1) is 29.0. The van der Waals surface area contributed by atoms with Crippen molar-refractivity contribution in [1.82, 2.24) is 0 Å². The van der Waals surface area contributed by atoms with Gasteiger partial charge >= 0.3 is 0 Å². The topological polar surface area (TPSA) is 3.88 Å². The number of hydrogen-bond acceptors (Lipinski definition) is 0. The minimum Gasteiger partial charge on any atom is -1.00 e. The van der Waals surface area contributed by atoms with Crippen molar-refractivity contribution >= 4 is 12.2 Å². The molecule has 182 valence electrons. The lowest BCUT2D eigenvalue weighted by molar-refractivity contribution is -0.696. The molecule has 1 aromatic heterocycles. The number of hydrogen-bond donors (Lipinski definition) is 0. The lowest BCUT2D eigenvalue weighted by atomic mass is 9.97. The van der Waals surface area contributed by atoms with Gasteiger partial charge in [-0.15, -0.1) is 0 Å². The van der Waals surface area contributed by atoms with Crippen molar-refractivity contribution in [3.8, 4) is 0 Å². The van der Waals surface area contributed by atoms with Crippen LogP contribution in [0.1, 0.15) is 138 Å². The van der Waals surface area contributed by atoms with E-state index in [9.17, 15) is 0 Å². The van der Waals surface area contributed by atoms with Crippen LogP contribution in [-0.4, -0.2) is 0 Å². The maximum Gasteiger partial charge on any atom is 0.189 e. The van der Waals surface area contributed by atoms with E-state index in [1.54, 1.807) is 5.69 Å². The van der Waals surface area contributed by atoms with Gasteiger partial charge in [-0.25, -0.2) is 0 Å². The number of nitrogens with zero attached hydrogens (tertiary/aromatic N) is 1. The fourth-order valence-electron chi connectivity index (χ4n) is 5.06. The number of halogens is 1. The van der Waals surface area contributed by atoms with Crippen LogP contribution in [0.4, 0.5) is 0 Å². The number of aromatic nitrogens is 1. The summed E-state index contributed by atoms with van der Waals surface area (Å²) >= 11 is 0. The van der Waals surface area contributed by atoms with Crippen LogP contribution in [0.2, 0.25) is 0 Å². The molecule has 0 saturated heterocycles. The average Bonchev–Trinajstić information content (AvgIpc) is 3.26. The maximum absolute atomic E-state index is 2.60. The maximum atomic E-state index is 2.60. The Labute approximate surface area is 206 Å². The van der Waals surface area contributed by atoms with Gasteiger partial charge < -0.3 is 12.4 Å². The summed E-state index contributed by atoms with van der Waals surface area (Å²) in [6, 6.07) is 0. The van der Waals surface area contributed by atoms with E-state index < -0.39 is 0 Å². The smallest absolute Gasteiger partial charge is 0.189 e. The molecule has 1 aromatic rings. The molecular weight excluding hydrogens is 410 g/mol. The molecule has 0 fully saturated rings. The zero-order chi connectivity index (χ0) is 22.3. The molecule has 0 radical (unpaired) electrons. The molecule has 32 heavy (non-hydrogen) atoms. The predicted octanol–water partition coefficient (Wildman–Crippen LogP) is 6.07. The highest BCUT2D eigenvalue weighted by atomic mass is 35.5. The molecule has 2 heteroatoms. The zero-order valence-electron chi connectivity index (χ0n) is 21.7. The normalized spacial score (nSPS) is 13.2. The largest absolute Gasteiger partial charge is 1.00 e. The van der Waals surface area contributed by atoms with E-state index in [1.165, 1.54) is 132 Å². The molecule has 1 aliphatic heterocycles. The van der Waals surface area contributed by atoms with Gasteiger partial charge in [-0.2, -0.15) is 4.57 Å². The first-order chi connectivity index (χ1) is 15.2. The highest BCUT2D eigenvalue weighted by Gasteiger charge is 2.28. The molecule has 0 atom stereocenters. The second-order valence-corrected chi connectivity index (χ2v) is 9.66. The summed E-state index contributed by atoms with van der Waals surface area (Å²) in [7, 11) is 0.